The third-order valence-electron chi connectivity index (χ3n) is 5.22. The lowest BCUT2D eigenvalue weighted by molar-refractivity contribution is 0.122. The van der Waals surface area contributed by atoms with Crippen molar-refractivity contribution in [1.29, 1.82) is 0 Å². The summed E-state index contributed by atoms with van der Waals surface area (Å²) in [5, 5.41) is 0. The molecule has 0 fully saturated rings. The molecule has 0 saturated heterocycles. The first-order valence-corrected chi connectivity index (χ1v) is 17.4. The van der Waals surface area contributed by atoms with Crippen LogP contribution in [0, 0.1) is 0 Å². The predicted molar refractivity (Wildman–Crippen MR) is 174 cm³/mol. The molecule has 0 aliphatic heterocycles. The van der Waals surface area contributed by atoms with Crippen molar-refractivity contribution in [3.8, 4) is 11.5 Å². The van der Waals surface area contributed by atoms with Crippen LogP contribution < -0.4 is 9.47 Å². The maximum atomic E-state index is 6.06. The van der Waals surface area contributed by atoms with Gasteiger partial charge in [-0.05, 0) is 118 Å². The number of rotatable bonds is 18. The summed E-state index contributed by atoms with van der Waals surface area (Å²) in [5.41, 5.74) is 2.31. The lowest BCUT2D eigenvalue weighted by atomic mass is 10.0. The molecule has 0 aliphatic carbocycles. The van der Waals surface area contributed by atoms with Crippen molar-refractivity contribution in [1.82, 2.24) is 0 Å². The molecule has 10 heteroatoms. The minimum absolute atomic E-state index is 0.131. The van der Waals surface area contributed by atoms with Gasteiger partial charge in [0.1, 0.15) is 24.7 Å². The monoisotopic (exact) mass is 896 g/mol. The van der Waals surface area contributed by atoms with Crippen LogP contribution in [0.1, 0.15) is 50.7 Å². The fourth-order valence-electron chi connectivity index (χ4n) is 3.30. The molecule has 2 rings (SSSR count). The van der Waals surface area contributed by atoms with Crippen LogP contribution in [-0.2, 0) is 15.9 Å². The molecule has 37 heavy (non-hydrogen) atoms. The number of benzene rings is 2. The second-order valence-electron chi connectivity index (χ2n) is 8.63. The van der Waals surface area contributed by atoms with Gasteiger partial charge in [-0.25, -0.2) is 0 Å². The van der Waals surface area contributed by atoms with E-state index in [-0.39, 0.29) is 9.65 Å². The zero-order valence-electron chi connectivity index (χ0n) is 21.1. The van der Waals surface area contributed by atoms with Crippen LogP contribution in [0.15, 0.2) is 42.2 Å². The summed E-state index contributed by atoms with van der Waals surface area (Å²) < 4.78 is 27.1. The average molecular weight is 902 g/mol. The number of hydrogen-bond acceptors (Lipinski definition) is 4. The van der Waals surface area contributed by atoms with Crippen molar-refractivity contribution < 1.29 is 18.9 Å². The Kier molecular flexibility index (Phi) is 17.5. The van der Waals surface area contributed by atoms with Crippen LogP contribution in [0.25, 0.3) is 0 Å². The second kappa shape index (κ2) is 19.1. The lowest BCUT2D eigenvalue weighted by Gasteiger charge is -2.17. The molecule has 208 valence electrons. The highest BCUT2D eigenvalue weighted by Crippen LogP contribution is 2.38. The van der Waals surface area contributed by atoms with E-state index in [4.69, 9.17) is 18.9 Å². The molecule has 2 atom stereocenters. The second-order valence-corrected chi connectivity index (χ2v) is 14.6. The Morgan fingerprint density at radius 2 is 0.946 bits per heavy atom. The molecule has 0 N–H and O–H groups in total. The molecule has 0 aromatic heterocycles. The van der Waals surface area contributed by atoms with Gasteiger partial charge in [0, 0.05) is 13.2 Å². The Balaban J connectivity index is 1.94. The van der Waals surface area contributed by atoms with Gasteiger partial charge in [0.2, 0.25) is 0 Å². The summed E-state index contributed by atoms with van der Waals surface area (Å²) in [7, 11) is 0. The van der Waals surface area contributed by atoms with Gasteiger partial charge in [-0.1, -0.05) is 58.5 Å². The Bertz CT molecular complexity index is 837. The van der Waals surface area contributed by atoms with Crippen molar-refractivity contribution in [3.05, 3.63) is 53.3 Å². The van der Waals surface area contributed by atoms with Crippen LogP contribution in [0.4, 0.5) is 0 Å². The highest BCUT2D eigenvalue weighted by Gasteiger charge is 2.15. The van der Waals surface area contributed by atoms with Crippen LogP contribution in [0.2, 0.25) is 0 Å². The molecule has 0 spiro atoms. The third-order valence-corrected chi connectivity index (χ3v) is 8.64. The quantitative estimate of drug-likeness (QED) is 0.110. The minimum Gasteiger partial charge on any atom is -0.490 e. The summed E-state index contributed by atoms with van der Waals surface area (Å²) in [4.78, 5) is 0.262. The van der Waals surface area contributed by atoms with Crippen LogP contribution in [-0.4, -0.2) is 49.3 Å². The minimum atomic E-state index is 0.131. The van der Waals surface area contributed by atoms with E-state index in [1.165, 1.54) is 0 Å². The SMILES string of the molecule is CCCCOCC(Br)COc1c(Br)cc(Cc2cc(Br)c(OCC(Br)COCCCC)c(Br)c2)cc1Br. The van der Waals surface area contributed by atoms with Gasteiger partial charge in [0.15, 0.2) is 0 Å². The van der Waals surface area contributed by atoms with Crippen molar-refractivity contribution in [2.24, 2.45) is 0 Å². The molecular formula is C27H34Br6O4. The van der Waals surface area contributed by atoms with E-state index in [0.717, 1.165) is 85.8 Å². The van der Waals surface area contributed by atoms with Crippen LogP contribution in [0.3, 0.4) is 0 Å². The summed E-state index contributed by atoms with van der Waals surface area (Å²) in [6.45, 7) is 8.17. The van der Waals surface area contributed by atoms with Gasteiger partial charge >= 0.3 is 0 Å². The molecule has 0 bridgehead atoms. The lowest BCUT2D eigenvalue weighted by Crippen LogP contribution is -2.18. The van der Waals surface area contributed by atoms with Gasteiger partial charge < -0.3 is 18.9 Å². The smallest absolute Gasteiger partial charge is 0.147 e. The molecule has 0 heterocycles. The molecule has 0 saturated carbocycles. The largest absolute Gasteiger partial charge is 0.490 e. The molecule has 2 unspecified atom stereocenters. The van der Waals surface area contributed by atoms with Crippen molar-refractivity contribution in [3.63, 3.8) is 0 Å². The van der Waals surface area contributed by atoms with Crippen LogP contribution >= 0.6 is 95.6 Å². The summed E-state index contributed by atoms with van der Waals surface area (Å²) in [6.07, 6.45) is 5.18. The van der Waals surface area contributed by atoms with E-state index in [9.17, 15) is 0 Å². The van der Waals surface area contributed by atoms with Gasteiger partial charge in [-0.3, -0.25) is 0 Å². The Labute approximate surface area is 272 Å². The van der Waals surface area contributed by atoms with E-state index in [0.29, 0.717) is 26.4 Å². The summed E-state index contributed by atoms with van der Waals surface area (Å²) in [6, 6.07) is 8.39. The van der Waals surface area contributed by atoms with Crippen molar-refractivity contribution in [2.75, 3.05) is 39.6 Å². The zero-order valence-corrected chi connectivity index (χ0v) is 30.7. The maximum Gasteiger partial charge on any atom is 0.147 e. The van der Waals surface area contributed by atoms with E-state index in [1.807, 2.05) is 0 Å². The van der Waals surface area contributed by atoms with E-state index in [1.54, 1.807) is 0 Å². The highest BCUT2D eigenvalue weighted by molar-refractivity contribution is 9.11. The van der Waals surface area contributed by atoms with Gasteiger partial charge in [0.05, 0.1) is 40.8 Å². The molecule has 0 aliphatic rings. The van der Waals surface area contributed by atoms with Gasteiger partial charge in [0.25, 0.3) is 0 Å². The summed E-state index contributed by atoms with van der Waals surface area (Å²) in [5.74, 6) is 1.58. The number of hydrogen-bond donors (Lipinski definition) is 0. The first-order chi connectivity index (χ1) is 17.7. The molecule has 0 amide bonds. The number of halogens is 6. The standard InChI is InChI=1S/C27H34Br6O4/c1-3-5-7-34-14-20(28)16-36-26-22(30)10-18(11-23(26)31)9-19-12-24(32)27(25(33)13-19)37-17-21(29)15-35-8-6-4-2/h10-13,20-21H,3-9,14-17H2,1-2H3. The van der Waals surface area contributed by atoms with E-state index >= 15 is 0 Å². The third kappa shape index (κ3) is 12.9. The van der Waals surface area contributed by atoms with Crippen LogP contribution in [0.5, 0.6) is 11.5 Å². The average Bonchev–Trinajstić information content (AvgIpc) is 2.83. The molecular weight excluding hydrogens is 868 g/mol. The van der Waals surface area contributed by atoms with Gasteiger partial charge in [-0.2, -0.15) is 0 Å². The van der Waals surface area contributed by atoms with E-state index in [2.05, 4.69) is 134 Å². The highest BCUT2D eigenvalue weighted by atomic mass is 79.9. The van der Waals surface area contributed by atoms with E-state index < -0.39 is 0 Å². The number of unbranched alkanes of at least 4 members (excludes halogenated alkanes) is 2. The first kappa shape index (κ1) is 34.0. The fraction of sp³-hybridized carbons (Fsp3) is 0.556. The first-order valence-electron chi connectivity index (χ1n) is 12.4. The molecule has 2 aromatic rings. The molecule has 4 nitrogen and oxygen atoms in total. The molecule has 2 aromatic carbocycles. The van der Waals surface area contributed by atoms with Crippen molar-refractivity contribution in [2.45, 2.75) is 55.6 Å². The predicted octanol–water partition coefficient (Wildman–Crippen LogP) is 10.2. The fourth-order valence-corrected chi connectivity index (χ4v) is 6.96. The Hall–Kier alpha value is 0.840. The normalized spacial score (nSPS) is 13.0. The van der Waals surface area contributed by atoms with Gasteiger partial charge in [-0.15, -0.1) is 0 Å². The maximum absolute atomic E-state index is 6.06. The topological polar surface area (TPSA) is 36.9 Å². The zero-order chi connectivity index (χ0) is 27.2. The number of alkyl halides is 2. The number of ether oxygens (including phenoxy) is 4. The Morgan fingerprint density at radius 1 is 0.595 bits per heavy atom. The molecule has 0 radical (unpaired) electrons. The van der Waals surface area contributed by atoms with Crippen molar-refractivity contribution >= 4 is 95.6 Å². The Morgan fingerprint density at radius 3 is 1.27 bits per heavy atom. The summed E-state index contributed by atoms with van der Waals surface area (Å²) >= 11 is 22.0.